The SMILES string of the molecule is CNCc1coc(Oc2ccc(C)nc2)n1. The molecular weight excluding hydrogens is 206 g/mol. The van der Waals surface area contributed by atoms with Gasteiger partial charge < -0.3 is 14.5 Å². The molecule has 2 aromatic heterocycles. The third kappa shape index (κ3) is 2.58. The second kappa shape index (κ2) is 4.76. The van der Waals surface area contributed by atoms with Gasteiger partial charge in [0.1, 0.15) is 6.26 Å². The molecule has 2 aromatic rings. The Balaban J connectivity index is 2.05. The first-order chi connectivity index (χ1) is 7.78. The van der Waals surface area contributed by atoms with E-state index in [-0.39, 0.29) is 6.08 Å². The molecule has 0 aliphatic heterocycles. The maximum absolute atomic E-state index is 5.39. The third-order valence-corrected chi connectivity index (χ3v) is 1.98. The molecule has 2 rings (SSSR count). The monoisotopic (exact) mass is 219 g/mol. The first kappa shape index (κ1) is 10.6. The number of aryl methyl sites for hydroxylation is 1. The Labute approximate surface area is 93.5 Å². The Morgan fingerprint density at radius 1 is 1.44 bits per heavy atom. The van der Waals surface area contributed by atoms with E-state index in [1.165, 1.54) is 0 Å². The number of oxazole rings is 1. The van der Waals surface area contributed by atoms with Crippen LogP contribution in [0.1, 0.15) is 11.4 Å². The van der Waals surface area contributed by atoms with Crippen molar-refractivity contribution in [3.05, 3.63) is 36.0 Å². The summed E-state index contributed by atoms with van der Waals surface area (Å²) in [5, 5.41) is 2.98. The van der Waals surface area contributed by atoms with Gasteiger partial charge in [-0.15, -0.1) is 0 Å². The molecular formula is C11H13N3O2. The van der Waals surface area contributed by atoms with Crippen LogP contribution in [0.2, 0.25) is 0 Å². The van der Waals surface area contributed by atoms with Crippen molar-refractivity contribution in [1.29, 1.82) is 0 Å². The lowest BCUT2D eigenvalue weighted by atomic mass is 10.4. The van der Waals surface area contributed by atoms with Crippen molar-refractivity contribution in [2.75, 3.05) is 7.05 Å². The molecule has 0 bridgehead atoms. The molecule has 0 aromatic carbocycles. The van der Waals surface area contributed by atoms with Crippen LogP contribution in [-0.2, 0) is 6.54 Å². The van der Waals surface area contributed by atoms with Crippen molar-refractivity contribution in [3.63, 3.8) is 0 Å². The predicted molar refractivity (Wildman–Crippen MR) is 58.3 cm³/mol. The summed E-state index contributed by atoms with van der Waals surface area (Å²) < 4.78 is 10.5. The fraction of sp³-hybridized carbons (Fsp3) is 0.273. The third-order valence-electron chi connectivity index (χ3n) is 1.98. The normalized spacial score (nSPS) is 10.4. The minimum atomic E-state index is 0.232. The molecule has 5 heteroatoms. The fourth-order valence-electron chi connectivity index (χ4n) is 1.21. The van der Waals surface area contributed by atoms with Crippen LogP contribution in [0, 0.1) is 6.92 Å². The van der Waals surface area contributed by atoms with Crippen LogP contribution in [0.25, 0.3) is 0 Å². The Hall–Kier alpha value is -1.88. The molecule has 16 heavy (non-hydrogen) atoms. The predicted octanol–water partition coefficient (Wildman–Crippen LogP) is 1.89. The molecule has 0 saturated heterocycles. The van der Waals surface area contributed by atoms with Gasteiger partial charge in [0.05, 0.1) is 11.9 Å². The maximum Gasteiger partial charge on any atom is 0.399 e. The zero-order valence-electron chi connectivity index (χ0n) is 9.23. The first-order valence-corrected chi connectivity index (χ1v) is 4.97. The average molecular weight is 219 g/mol. The van der Waals surface area contributed by atoms with E-state index in [1.54, 1.807) is 12.5 Å². The zero-order chi connectivity index (χ0) is 11.4. The number of nitrogens with one attached hydrogen (secondary N) is 1. The highest BCUT2D eigenvalue weighted by atomic mass is 16.6. The van der Waals surface area contributed by atoms with E-state index >= 15 is 0 Å². The van der Waals surface area contributed by atoms with Crippen molar-refractivity contribution < 1.29 is 9.15 Å². The quantitative estimate of drug-likeness (QED) is 0.850. The van der Waals surface area contributed by atoms with E-state index < -0.39 is 0 Å². The molecule has 0 amide bonds. The molecule has 0 unspecified atom stereocenters. The summed E-state index contributed by atoms with van der Waals surface area (Å²) in [4.78, 5) is 8.25. The van der Waals surface area contributed by atoms with E-state index in [0.29, 0.717) is 12.3 Å². The second-order valence-electron chi connectivity index (χ2n) is 3.37. The van der Waals surface area contributed by atoms with Gasteiger partial charge in [0, 0.05) is 12.2 Å². The molecule has 84 valence electrons. The number of hydrogen-bond donors (Lipinski definition) is 1. The van der Waals surface area contributed by atoms with Gasteiger partial charge in [0.2, 0.25) is 0 Å². The van der Waals surface area contributed by atoms with Crippen LogP contribution >= 0.6 is 0 Å². The summed E-state index contributed by atoms with van der Waals surface area (Å²) in [7, 11) is 1.85. The van der Waals surface area contributed by atoms with Crippen LogP contribution in [0.3, 0.4) is 0 Å². The minimum Gasteiger partial charge on any atom is -0.417 e. The van der Waals surface area contributed by atoms with Gasteiger partial charge in [-0.25, -0.2) is 0 Å². The smallest absolute Gasteiger partial charge is 0.399 e. The summed E-state index contributed by atoms with van der Waals surface area (Å²) in [5.74, 6) is 0.614. The highest BCUT2D eigenvalue weighted by Gasteiger charge is 2.05. The Bertz CT molecular complexity index is 451. The Kier molecular flexibility index (Phi) is 3.16. The minimum absolute atomic E-state index is 0.232. The van der Waals surface area contributed by atoms with E-state index in [1.807, 2.05) is 26.1 Å². The molecule has 0 atom stereocenters. The molecule has 0 saturated carbocycles. The van der Waals surface area contributed by atoms with Gasteiger partial charge in [-0.2, -0.15) is 4.98 Å². The molecule has 1 N–H and O–H groups in total. The molecule has 0 fully saturated rings. The van der Waals surface area contributed by atoms with E-state index in [9.17, 15) is 0 Å². The van der Waals surface area contributed by atoms with Crippen molar-refractivity contribution in [2.45, 2.75) is 13.5 Å². The van der Waals surface area contributed by atoms with Gasteiger partial charge in [-0.3, -0.25) is 4.98 Å². The average Bonchev–Trinajstić information content (AvgIpc) is 2.70. The summed E-state index contributed by atoms with van der Waals surface area (Å²) in [6, 6.07) is 3.69. The number of ether oxygens (including phenoxy) is 1. The van der Waals surface area contributed by atoms with Crippen LogP contribution in [0.5, 0.6) is 11.8 Å². The van der Waals surface area contributed by atoms with Gasteiger partial charge in [0.25, 0.3) is 0 Å². The molecule has 5 nitrogen and oxygen atoms in total. The number of hydrogen-bond acceptors (Lipinski definition) is 5. The number of nitrogens with zero attached hydrogens (tertiary/aromatic N) is 2. The van der Waals surface area contributed by atoms with Crippen LogP contribution in [0.4, 0.5) is 0 Å². The van der Waals surface area contributed by atoms with E-state index in [4.69, 9.17) is 9.15 Å². The Morgan fingerprint density at radius 3 is 3.00 bits per heavy atom. The second-order valence-corrected chi connectivity index (χ2v) is 3.37. The molecule has 0 spiro atoms. The lowest BCUT2D eigenvalue weighted by Gasteiger charge is -1.99. The van der Waals surface area contributed by atoms with E-state index in [2.05, 4.69) is 15.3 Å². The van der Waals surface area contributed by atoms with Crippen LogP contribution in [0.15, 0.2) is 29.0 Å². The van der Waals surface area contributed by atoms with Gasteiger partial charge in [-0.05, 0) is 26.1 Å². The fourth-order valence-corrected chi connectivity index (χ4v) is 1.21. The summed E-state index contributed by atoms with van der Waals surface area (Å²) in [6.07, 6.45) is 3.43. The molecule has 0 radical (unpaired) electrons. The zero-order valence-corrected chi connectivity index (χ0v) is 9.23. The van der Waals surface area contributed by atoms with Crippen molar-refractivity contribution in [2.24, 2.45) is 0 Å². The van der Waals surface area contributed by atoms with Gasteiger partial charge in [-0.1, -0.05) is 0 Å². The van der Waals surface area contributed by atoms with Crippen molar-refractivity contribution in [3.8, 4) is 11.8 Å². The van der Waals surface area contributed by atoms with Gasteiger partial charge in [0.15, 0.2) is 5.75 Å². The number of pyridine rings is 1. The number of aromatic nitrogens is 2. The number of rotatable bonds is 4. The lowest BCUT2D eigenvalue weighted by Crippen LogP contribution is -2.04. The summed E-state index contributed by atoms with van der Waals surface area (Å²) in [6.45, 7) is 2.57. The van der Waals surface area contributed by atoms with Crippen LogP contribution in [-0.4, -0.2) is 17.0 Å². The molecule has 0 aliphatic rings. The van der Waals surface area contributed by atoms with Crippen LogP contribution < -0.4 is 10.1 Å². The molecule has 2 heterocycles. The van der Waals surface area contributed by atoms with Gasteiger partial charge >= 0.3 is 6.08 Å². The molecule has 0 aliphatic carbocycles. The topological polar surface area (TPSA) is 60.2 Å². The Morgan fingerprint density at radius 2 is 2.31 bits per heavy atom. The standard InChI is InChI=1S/C11H13N3O2/c1-8-3-4-10(6-13-8)16-11-14-9(5-12-2)7-15-11/h3-4,6-7,12H,5H2,1-2H3. The summed E-state index contributed by atoms with van der Waals surface area (Å²) in [5.41, 5.74) is 1.74. The highest BCUT2D eigenvalue weighted by Crippen LogP contribution is 2.19. The van der Waals surface area contributed by atoms with Crippen molar-refractivity contribution >= 4 is 0 Å². The van der Waals surface area contributed by atoms with E-state index in [0.717, 1.165) is 11.4 Å². The highest BCUT2D eigenvalue weighted by molar-refractivity contribution is 5.21. The van der Waals surface area contributed by atoms with Crippen molar-refractivity contribution in [1.82, 2.24) is 15.3 Å². The summed E-state index contributed by atoms with van der Waals surface area (Å²) >= 11 is 0. The largest absolute Gasteiger partial charge is 0.417 e. The first-order valence-electron chi connectivity index (χ1n) is 4.97. The maximum atomic E-state index is 5.39. The lowest BCUT2D eigenvalue weighted by molar-refractivity contribution is 0.329.